The summed E-state index contributed by atoms with van der Waals surface area (Å²) in [7, 11) is 0. The van der Waals surface area contributed by atoms with Crippen molar-refractivity contribution in [2.45, 2.75) is 13.1 Å². The number of para-hydroxylation sites is 1. The normalized spacial score (nSPS) is 11.8. The van der Waals surface area contributed by atoms with Gasteiger partial charge in [0.15, 0.2) is 5.78 Å². The number of halogens is 4. The fraction of sp³-hybridized carbons (Fsp3) is 0.182. The third-order valence-corrected chi connectivity index (χ3v) is 2.51. The van der Waals surface area contributed by atoms with E-state index in [4.69, 9.17) is 11.6 Å². The van der Waals surface area contributed by atoms with E-state index in [2.05, 4.69) is 9.97 Å². The standard InChI is InChI=1S/C11H6ClF3N2O/c1-5(18)8-6-3-2-4-7(11(13,14)15)9(6)17-10(12)16-8/h2-4H,1H3. The van der Waals surface area contributed by atoms with Crippen molar-refractivity contribution in [1.82, 2.24) is 9.97 Å². The number of nitrogens with zero attached hydrogens (tertiary/aromatic N) is 2. The number of carbonyl (C=O) groups excluding carboxylic acids is 1. The van der Waals surface area contributed by atoms with Gasteiger partial charge in [-0.05, 0) is 17.7 Å². The van der Waals surface area contributed by atoms with Crippen molar-refractivity contribution < 1.29 is 18.0 Å². The van der Waals surface area contributed by atoms with Crippen molar-refractivity contribution in [3.63, 3.8) is 0 Å². The predicted molar refractivity (Wildman–Crippen MR) is 59.6 cm³/mol. The Labute approximate surface area is 105 Å². The molecular formula is C11H6ClF3N2O. The molecule has 0 unspecified atom stereocenters. The minimum Gasteiger partial charge on any atom is -0.293 e. The minimum absolute atomic E-state index is 0.0433. The molecule has 94 valence electrons. The van der Waals surface area contributed by atoms with Crippen LogP contribution in [0.25, 0.3) is 10.9 Å². The summed E-state index contributed by atoms with van der Waals surface area (Å²) in [5.41, 5.74) is -1.42. The Bertz CT molecular complexity index is 640. The van der Waals surface area contributed by atoms with E-state index in [-0.39, 0.29) is 21.9 Å². The van der Waals surface area contributed by atoms with Gasteiger partial charge in [0.25, 0.3) is 0 Å². The second-order valence-electron chi connectivity index (χ2n) is 3.60. The highest BCUT2D eigenvalue weighted by molar-refractivity contribution is 6.29. The lowest BCUT2D eigenvalue weighted by atomic mass is 10.1. The number of fused-ring (bicyclic) bond motifs is 1. The molecular weight excluding hydrogens is 269 g/mol. The lowest BCUT2D eigenvalue weighted by Crippen LogP contribution is -2.09. The van der Waals surface area contributed by atoms with Crippen LogP contribution < -0.4 is 0 Å². The molecule has 0 N–H and O–H groups in total. The Kier molecular flexibility index (Phi) is 2.98. The van der Waals surface area contributed by atoms with Crippen LogP contribution in [0.1, 0.15) is 23.0 Å². The highest BCUT2D eigenvalue weighted by Gasteiger charge is 2.33. The van der Waals surface area contributed by atoms with Gasteiger partial charge < -0.3 is 0 Å². The number of ketones is 1. The molecule has 0 atom stereocenters. The topological polar surface area (TPSA) is 42.9 Å². The summed E-state index contributed by atoms with van der Waals surface area (Å²) in [6, 6.07) is 3.45. The molecule has 1 aromatic carbocycles. The Morgan fingerprint density at radius 2 is 1.94 bits per heavy atom. The van der Waals surface area contributed by atoms with Crippen LogP contribution in [0.3, 0.4) is 0 Å². The first-order valence-electron chi connectivity index (χ1n) is 4.85. The molecule has 0 amide bonds. The van der Waals surface area contributed by atoms with E-state index in [1.807, 2.05) is 0 Å². The first-order chi connectivity index (χ1) is 8.30. The van der Waals surface area contributed by atoms with Crippen LogP contribution in [-0.2, 0) is 6.18 Å². The highest BCUT2D eigenvalue weighted by Crippen LogP contribution is 2.34. The van der Waals surface area contributed by atoms with Crippen LogP contribution in [-0.4, -0.2) is 15.8 Å². The maximum Gasteiger partial charge on any atom is 0.418 e. The molecule has 0 radical (unpaired) electrons. The monoisotopic (exact) mass is 274 g/mol. The van der Waals surface area contributed by atoms with Gasteiger partial charge in [-0.1, -0.05) is 12.1 Å². The van der Waals surface area contributed by atoms with E-state index in [9.17, 15) is 18.0 Å². The number of hydrogen-bond donors (Lipinski definition) is 0. The van der Waals surface area contributed by atoms with Crippen molar-refractivity contribution >= 4 is 28.3 Å². The number of carbonyl (C=O) groups is 1. The second kappa shape index (κ2) is 4.20. The zero-order chi connectivity index (χ0) is 13.5. The van der Waals surface area contributed by atoms with Crippen molar-refractivity contribution in [2.75, 3.05) is 0 Å². The molecule has 2 rings (SSSR count). The summed E-state index contributed by atoms with van der Waals surface area (Å²) >= 11 is 5.55. The molecule has 0 bridgehead atoms. The van der Waals surface area contributed by atoms with Crippen LogP contribution in [0.5, 0.6) is 0 Å². The van der Waals surface area contributed by atoms with E-state index in [0.29, 0.717) is 0 Å². The molecule has 18 heavy (non-hydrogen) atoms. The van der Waals surface area contributed by atoms with Crippen molar-refractivity contribution in [2.24, 2.45) is 0 Å². The smallest absolute Gasteiger partial charge is 0.293 e. The van der Waals surface area contributed by atoms with Gasteiger partial charge in [0.1, 0.15) is 5.69 Å². The van der Waals surface area contributed by atoms with Crippen molar-refractivity contribution in [3.8, 4) is 0 Å². The molecule has 0 saturated heterocycles. The third-order valence-electron chi connectivity index (χ3n) is 2.34. The van der Waals surface area contributed by atoms with E-state index in [1.165, 1.54) is 19.1 Å². The minimum atomic E-state index is -4.56. The lowest BCUT2D eigenvalue weighted by molar-refractivity contribution is -0.136. The largest absolute Gasteiger partial charge is 0.418 e. The van der Waals surface area contributed by atoms with Crippen LogP contribution >= 0.6 is 11.6 Å². The average Bonchev–Trinajstić information content (AvgIpc) is 2.25. The predicted octanol–water partition coefficient (Wildman–Crippen LogP) is 3.50. The average molecular weight is 275 g/mol. The number of benzene rings is 1. The van der Waals surface area contributed by atoms with E-state index in [0.717, 1.165) is 6.07 Å². The maximum absolute atomic E-state index is 12.8. The fourth-order valence-corrected chi connectivity index (χ4v) is 1.79. The van der Waals surface area contributed by atoms with Gasteiger partial charge in [-0.2, -0.15) is 13.2 Å². The van der Waals surface area contributed by atoms with Crippen molar-refractivity contribution in [3.05, 3.63) is 34.7 Å². The van der Waals surface area contributed by atoms with Crippen LogP contribution in [0.15, 0.2) is 18.2 Å². The molecule has 0 spiro atoms. The van der Waals surface area contributed by atoms with Gasteiger partial charge in [-0.15, -0.1) is 0 Å². The lowest BCUT2D eigenvalue weighted by Gasteiger charge is -2.10. The zero-order valence-corrected chi connectivity index (χ0v) is 9.80. The number of hydrogen-bond acceptors (Lipinski definition) is 3. The van der Waals surface area contributed by atoms with Gasteiger partial charge in [0.05, 0.1) is 11.1 Å². The molecule has 1 aromatic heterocycles. The molecule has 0 fully saturated rings. The molecule has 0 aliphatic carbocycles. The van der Waals surface area contributed by atoms with E-state index >= 15 is 0 Å². The molecule has 3 nitrogen and oxygen atoms in total. The fourth-order valence-electron chi connectivity index (χ4n) is 1.62. The quantitative estimate of drug-likeness (QED) is 0.590. The summed E-state index contributed by atoms with van der Waals surface area (Å²) in [5.74, 6) is -0.469. The first kappa shape index (κ1) is 12.8. The Hall–Kier alpha value is -1.69. The van der Waals surface area contributed by atoms with Gasteiger partial charge in [-0.25, -0.2) is 9.97 Å². The molecule has 2 aromatic rings. The Morgan fingerprint density at radius 3 is 2.50 bits per heavy atom. The molecule has 1 heterocycles. The number of rotatable bonds is 1. The van der Waals surface area contributed by atoms with Gasteiger partial charge in [0.2, 0.25) is 5.28 Å². The van der Waals surface area contributed by atoms with E-state index < -0.39 is 17.5 Å². The molecule has 0 aliphatic heterocycles. The second-order valence-corrected chi connectivity index (χ2v) is 3.93. The number of alkyl halides is 3. The molecule has 0 saturated carbocycles. The third kappa shape index (κ3) is 2.15. The maximum atomic E-state index is 12.8. The number of aromatic nitrogens is 2. The molecule has 7 heteroatoms. The Balaban J connectivity index is 2.90. The van der Waals surface area contributed by atoms with Crippen LogP contribution in [0.2, 0.25) is 5.28 Å². The summed E-state index contributed by atoms with van der Waals surface area (Å²) in [5, 5.41) is -0.342. The first-order valence-corrected chi connectivity index (χ1v) is 5.23. The summed E-state index contributed by atoms with van der Waals surface area (Å²) in [4.78, 5) is 18.6. The van der Waals surface area contributed by atoms with Gasteiger partial charge in [0, 0.05) is 12.3 Å². The summed E-state index contributed by atoms with van der Waals surface area (Å²) in [6.45, 7) is 1.21. The van der Waals surface area contributed by atoms with Crippen LogP contribution in [0, 0.1) is 0 Å². The summed E-state index contributed by atoms with van der Waals surface area (Å²) in [6.07, 6.45) is -4.56. The van der Waals surface area contributed by atoms with E-state index in [1.54, 1.807) is 0 Å². The SMILES string of the molecule is CC(=O)c1nc(Cl)nc2c(C(F)(F)F)cccc12. The van der Waals surface area contributed by atoms with Gasteiger partial charge >= 0.3 is 6.18 Å². The highest BCUT2D eigenvalue weighted by atomic mass is 35.5. The summed E-state index contributed by atoms with van der Waals surface area (Å²) < 4.78 is 38.4. The molecule has 0 aliphatic rings. The number of Topliss-reactive ketones (excluding diaryl/α,β-unsaturated/α-hetero) is 1. The Morgan fingerprint density at radius 1 is 1.28 bits per heavy atom. The van der Waals surface area contributed by atoms with Gasteiger partial charge in [-0.3, -0.25) is 4.79 Å². The van der Waals surface area contributed by atoms with Crippen LogP contribution in [0.4, 0.5) is 13.2 Å². The van der Waals surface area contributed by atoms with Crippen molar-refractivity contribution in [1.29, 1.82) is 0 Å². The zero-order valence-electron chi connectivity index (χ0n) is 9.05.